The zero-order valence-corrected chi connectivity index (χ0v) is 10.7. The van der Waals surface area contributed by atoms with Gasteiger partial charge < -0.3 is 10.5 Å². The topological polar surface area (TPSA) is 52.3 Å². The van der Waals surface area contributed by atoms with Crippen LogP contribution in [-0.2, 0) is 28.3 Å². The number of ether oxygens (including phenoxy) is 1. The summed E-state index contributed by atoms with van der Waals surface area (Å²) in [6.45, 7) is 1.33. The second kappa shape index (κ2) is 5.82. The molecule has 0 atom stereocenters. The number of nitrogen functional groups attached to an aromatic ring is 1. The number of anilines is 1. The van der Waals surface area contributed by atoms with Crippen molar-refractivity contribution < 1.29 is 35.9 Å². The summed E-state index contributed by atoms with van der Waals surface area (Å²) in [5, 5.41) is 0. The standard InChI is InChI=1S/C12H11F6NO2/c1-2-21-10(20)4-6-3-8(12(16,17)18)9(19)5-7(6)11(13,14)15/h3,5H,2,4,19H2,1H3. The second-order valence-electron chi connectivity index (χ2n) is 4.07. The Morgan fingerprint density at radius 3 is 2.05 bits per heavy atom. The van der Waals surface area contributed by atoms with Crippen LogP contribution in [0.5, 0.6) is 0 Å². The van der Waals surface area contributed by atoms with Crippen LogP contribution in [0, 0.1) is 0 Å². The van der Waals surface area contributed by atoms with Crippen LogP contribution in [0.4, 0.5) is 32.0 Å². The molecule has 0 unspecified atom stereocenters. The van der Waals surface area contributed by atoms with E-state index in [0.29, 0.717) is 0 Å². The molecule has 118 valence electrons. The van der Waals surface area contributed by atoms with Gasteiger partial charge >= 0.3 is 18.3 Å². The Morgan fingerprint density at radius 1 is 1.10 bits per heavy atom. The van der Waals surface area contributed by atoms with Crippen molar-refractivity contribution >= 4 is 11.7 Å². The van der Waals surface area contributed by atoms with Crippen molar-refractivity contribution in [1.29, 1.82) is 0 Å². The zero-order chi connectivity index (χ0) is 16.4. The van der Waals surface area contributed by atoms with E-state index in [1.54, 1.807) is 0 Å². The fourth-order valence-electron chi connectivity index (χ4n) is 1.68. The Morgan fingerprint density at radius 2 is 1.62 bits per heavy atom. The highest BCUT2D eigenvalue weighted by atomic mass is 19.4. The Labute approximate surface area is 115 Å². The molecule has 0 amide bonds. The molecule has 0 heterocycles. The van der Waals surface area contributed by atoms with Crippen LogP contribution in [0.15, 0.2) is 12.1 Å². The van der Waals surface area contributed by atoms with Gasteiger partial charge in [-0.2, -0.15) is 26.3 Å². The smallest absolute Gasteiger partial charge is 0.418 e. The number of benzene rings is 1. The molecule has 0 bridgehead atoms. The molecule has 0 aliphatic heterocycles. The van der Waals surface area contributed by atoms with E-state index in [-0.39, 0.29) is 18.7 Å². The minimum atomic E-state index is -4.93. The molecule has 1 aromatic carbocycles. The number of alkyl halides is 6. The van der Waals surface area contributed by atoms with Crippen molar-refractivity contribution in [3.8, 4) is 0 Å². The van der Waals surface area contributed by atoms with Crippen LogP contribution in [0.3, 0.4) is 0 Å². The van der Waals surface area contributed by atoms with Crippen LogP contribution in [0.2, 0.25) is 0 Å². The summed E-state index contributed by atoms with van der Waals surface area (Å²) < 4.78 is 80.9. The van der Waals surface area contributed by atoms with Gasteiger partial charge in [0.2, 0.25) is 0 Å². The fraction of sp³-hybridized carbons (Fsp3) is 0.417. The molecule has 0 aromatic heterocycles. The molecule has 21 heavy (non-hydrogen) atoms. The highest BCUT2D eigenvalue weighted by molar-refractivity contribution is 5.74. The van der Waals surface area contributed by atoms with Crippen molar-refractivity contribution in [1.82, 2.24) is 0 Å². The number of halogens is 6. The molecule has 0 saturated carbocycles. The molecule has 9 heteroatoms. The second-order valence-corrected chi connectivity index (χ2v) is 4.07. The van der Waals surface area contributed by atoms with Gasteiger partial charge in [0.1, 0.15) is 0 Å². The third-order valence-corrected chi connectivity index (χ3v) is 2.53. The Bertz CT molecular complexity index is 536. The number of esters is 1. The summed E-state index contributed by atoms with van der Waals surface area (Å²) in [6.07, 6.45) is -10.8. The van der Waals surface area contributed by atoms with Crippen LogP contribution < -0.4 is 5.73 Å². The number of hydrogen-bond donors (Lipinski definition) is 1. The number of nitrogens with two attached hydrogens (primary N) is 1. The number of rotatable bonds is 3. The number of carbonyl (C=O) groups excluding carboxylic acids is 1. The average Bonchev–Trinajstić information content (AvgIpc) is 2.28. The molecular weight excluding hydrogens is 304 g/mol. The van der Waals surface area contributed by atoms with Gasteiger partial charge in [0.25, 0.3) is 0 Å². The van der Waals surface area contributed by atoms with Gasteiger partial charge in [-0.15, -0.1) is 0 Å². The molecule has 0 saturated heterocycles. The first-order valence-corrected chi connectivity index (χ1v) is 5.69. The van der Waals surface area contributed by atoms with E-state index in [4.69, 9.17) is 5.73 Å². The van der Waals surface area contributed by atoms with E-state index in [2.05, 4.69) is 4.74 Å². The van der Waals surface area contributed by atoms with E-state index in [0.717, 1.165) is 0 Å². The van der Waals surface area contributed by atoms with Gasteiger partial charge in [0.15, 0.2) is 0 Å². The lowest BCUT2D eigenvalue weighted by atomic mass is 9.99. The van der Waals surface area contributed by atoms with Crippen molar-refractivity contribution in [2.24, 2.45) is 0 Å². The number of hydrogen-bond acceptors (Lipinski definition) is 3. The third kappa shape index (κ3) is 4.27. The molecule has 1 aromatic rings. The van der Waals surface area contributed by atoms with Crippen molar-refractivity contribution in [2.45, 2.75) is 25.7 Å². The molecule has 3 nitrogen and oxygen atoms in total. The Hall–Kier alpha value is -1.93. The van der Waals surface area contributed by atoms with E-state index in [9.17, 15) is 31.1 Å². The third-order valence-electron chi connectivity index (χ3n) is 2.53. The minimum Gasteiger partial charge on any atom is -0.466 e. The minimum absolute atomic E-state index is 0.0959. The first kappa shape index (κ1) is 17.1. The molecular formula is C12H11F6NO2. The largest absolute Gasteiger partial charge is 0.466 e. The SMILES string of the molecule is CCOC(=O)Cc1cc(C(F)(F)F)c(N)cc1C(F)(F)F. The first-order valence-electron chi connectivity index (χ1n) is 5.69. The molecule has 0 fully saturated rings. The Kier molecular flexibility index (Phi) is 4.75. The lowest BCUT2D eigenvalue weighted by molar-refractivity contribution is -0.144. The maximum Gasteiger partial charge on any atom is 0.418 e. The van der Waals surface area contributed by atoms with Crippen LogP contribution in [0.25, 0.3) is 0 Å². The van der Waals surface area contributed by atoms with E-state index < -0.39 is 47.1 Å². The van der Waals surface area contributed by atoms with E-state index in [1.165, 1.54) is 6.92 Å². The maximum absolute atomic E-state index is 12.8. The molecule has 0 aliphatic rings. The Balaban J connectivity index is 3.38. The lowest BCUT2D eigenvalue weighted by Crippen LogP contribution is -2.18. The summed E-state index contributed by atoms with van der Waals surface area (Å²) in [4.78, 5) is 11.2. The van der Waals surface area contributed by atoms with E-state index in [1.807, 2.05) is 0 Å². The molecule has 0 aliphatic carbocycles. The van der Waals surface area contributed by atoms with Gasteiger partial charge in [-0.1, -0.05) is 0 Å². The number of carbonyl (C=O) groups is 1. The first-order chi connectivity index (χ1) is 9.46. The fourth-order valence-corrected chi connectivity index (χ4v) is 1.68. The molecule has 1 rings (SSSR count). The predicted molar refractivity (Wildman–Crippen MR) is 61.2 cm³/mol. The van der Waals surface area contributed by atoms with Gasteiger partial charge in [-0.05, 0) is 24.6 Å². The lowest BCUT2D eigenvalue weighted by Gasteiger charge is -2.17. The molecule has 0 spiro atoms. The zero-order valence-electron chi connectivity index (χ0n) is 10.7. The van der Waals surface area contributed by atoms with Crippen LogP contribution in [0.1, 0.15) is 23.6 Å². The monoisotopic (exact) mass is 315 g/mol. The highest BCUT2D eigenvalue weighted by Crippen LogP contribution is 2.40. The van der Waals surface area contributed by atoms with Gasteiger partial charge in [-0.25, -0.2) is 0 Å². The van der Waals surface area contributed by atoms with Crippen molar-refractivity contribution in [2.75, 3.05) is 12.3 Å². The van der Waals surface area contributed by atoms with Crippen LogP contribution in [-0.4, -0.2) is 12.6 Å². The van der Waals surface area contributed by atoms with Gasteiger partial charge in [-0.3, -0.25) is 4.79 Å². The van der Waals surface area contributed by atoms with E-state index >= 15 is 0 Å². The summed E-state index contributed by atoms with van der Waals surface area (Å²) in [5.41, 5.74) is 0.333. The predicted octanol–water partition coefficient (Wildman–Crippen LogP) is 3.41. The molecule has 0 radical (unpaired) electrons. The van der Waals surface area contributed by atoms with Gasteiger partial charge in [0, 0.05) is 5.69 Å². The quantitative estimate of drug-likeness (QED) is 0.528. The van der Waals surface area contributed by atoms with Gasteiger partial charge in [0.05, 0.1) is 24.2 Å². The summed E-state index contributed by atoms with van der Waals surface area (Å²) >= 11 is 0. The van der Waals surface area contributed by atoms with Crippen LogP contribution >= 0.6 is 0 Å². The summed E-state index contributed by atoms with van der Waals surface area (Å²) in [5.74, 6) is -1.05. The summed E-state index contributed by atoms with van der Waals surface area (Å²) in [7, 11) is 0. The maximum atomic E-state index is 12.8. The molecule has 2 N–H and O–H groups in total. The normalized spacial score (nSPS) is 12.3. The highest BCUT2D eigenvalue weighted by Gasteiger charge is 2.39. The van der Waals surface area contributed by atoms with Crippen molar-refractivity contribution in [3.63, 3.8) is 0 Å². The average molecular weight is 315 g/mol. The van der Waals surface area contributed by atoms with Crippen molar-refractivity contribution in [3.05, 3.63) is 28.8 Å². The summed E-state index contributed by atoms with van der Waals surface area (Å²) in [6, 6.07) is 0.409.